The van der Waals surface area contributed by atoms with Gasteiger partial charge in [-0.05, 0) is 46.7 Å². The van der Waals surface area contributed by atoms with E-state index in [1.807, 2.05) is 0 Å². The maximum atomic E-state index is 4.81. The first-order chi connectivity index (χ1) is 9.04. The third-order valence-corrected chi connectivity index (χ3v) is 4.24. The lowest BCUT2D eigenvalue weighted by Crippen LogP contribution is -2.51. The molecule has 0 heterocycles. The molecule has 0 aliphatic heterocycles. The van der Waals surface area contributed by atoms with Crippen molar-refractivity contribution >= 4 is 5.96 Å². The van der Waals surface area contributed by atoms with Gasteiger partial charge in [-0.15, -0.1) is 0 Å². The lowest BCUT2D eigenvalue weighted by Gasteiger charge is -2.44. The van der Waals surface area contributed by atoms with Crippen LogP contribution in [0.25, 0.3) is 0 Å². The standard InChI is InChI=1S/C15H32N4/c1-6-16-14(17-7-2)18-12-15(19(4)5)10-8-9-13(3)11-15/h13H,6-12H2,1-5H3,(H2,16,17,18). The van der Waals surface area contributed by atoms with Crippen molar-refractivity contribution in [3.63, 3.8) is 0 Å². The average molecular weight is 268 g/mol. The second-order valence-corrected chi connectivity index (χ2v) is 6.05. The van der Waals surface area contributed by atoms with Gasteiger partial charge in [-0.1, -0.05) is 19.8 Å². The smallest absolute Gasteiger partial charge is 0.191 e. The highest BCUT2D eigenvalue weighted by Gasteiger charge is 2.36. The maximum absolute atomic E-state index is 4.81. The summed E-state index contributed by atoms with van der Waals surface area (Å²) in [5, 5.41) is 6.62. The highest BCUT2D eigenvalue weighted by molar-refractivity contribution is 5.79. The van der Waals surface area contributed by atoms with Crippen molar-refractivity contribution in [1.82, 2.24) is 15.5 Å². The summed E-state index contributed by atoms with van der Waals surface area (Å²) in [6, 6.07) is 0. The number of likely N-dealkylation sites (N-methyl/N-ethyl adjacent to an activating group) is 1. The monoisotopic (exact) mass is 268 g/mol. The molecular formula is C15H32N4. The third kappa shape index (κ3) is 4.68. The summed E-state index contributed by atoms with van der Waals surface area (Å²) >= 11 is 0. The van der Waals surface area contributed by atoms with Crippen molar-refractivity contribution in [2.24, 2.45) is 10.9 Å². The number of guanidine groups is 1. The molecule has 0 bridgehead atoms. The molecule has 0 radical (unpaired) electrons. The summed E-state index contributed by atoms with van der Waals surface area (Å²) in [6.07, 6.45) is 5.22. The predicted molar refractivity (Wildman–Crippen MR) is 83.7 cm³/mol. The Morgan fingerprint density at radius 1 is 1.26 bits per heavy atom. The quantitative estimate of drug-likeness (QED) is 0.592. The molecule has 1 aliphatic rings. The largest absolute Gasteiger partial charge is 0.357 e. The number of rotatable bonds is 5. The van der Waals surface area contributed by atoms with Gasteiger partial charge in [0, 0.05) is 18.6 Å². The van der Waals surface area contributed by atoms with E-state index < -0.39 is 0 Å². The molecule has 19 heavy (non-hydrogen) atoms. The van der Waals surface area contributed by atoms with E-state index in [1.165, 1.54) is 25.7 Å². The Morgan fingerprint density at radius 2 is 1.89 bits per heavy atom. The van der Waals surface area contributed by atoms with Gasteiger partial charge < -0.3 is 15.5 Å². The van der Waals surface area contributed by atoms with E-state index in [2.05, 4.69) is 50.4 Å². The van der Waals surface area contributed by atoms with Crippen LogP contribution in [0.15, 0.2) is 4.99 Å². The van der Waals surface area contributed by atoms with Gasteiger partial charge in [-0.3, -0.25) is 4.99 Å². The van der Waals surface area contributed by atoms with Gasteiger partial charge in [-0.2, -0.15) is 0 Å². The van der Waals surface area contributed by atoms with Gasteiger partial charge in [0.2, 0.25) is 0 Å². The van der Waals surface area contributed by atoms with Crippen LogP contribution in [0.4, 0.5) is 0 Å². The summed E-state index contributed by atoms with van der Waals surface area (Å²) in [6.45, 7) is 9.30. The molecule has 4 nitrogen and oxygen atoms in total. The molecule has 1 aliphatic carbocycles. The van der Waals surface area contributed by atoms with E-state index in [0.717, 1.165) is 31.5 Å². The number of nitrogens with zero attached hydrogens (tertiary/aromatic N) is 2. The first-order valence-electron chi connectivity index (χ1n) is 7.73. The fraction of sp³-hybridized carbons (Fsp3) is 0.933. The van der Waals surface area contributed by atoms with Crippen molar-refractivity contribution < 1.29 is 0 Å². The van der Waals surface area contributed by atoms with Crippen LogP contribution in [0.1, 0.15) is 46.5 Å². The Hall–Kier alpha value is -0.770. The van der Waals surface area contributed by atoms with Crippen LogP contribution < -0.4 is 10.6 Å². The Morgan fingerprint density at radius 3 is 2.37 bits per heavy atom. The van der Waals surface area contributed by atoms with Crippen molar-refractivity contribution in [2.75, 3.05) is 33.7 Å². The van der Waals surface area contributed by atoms with Crippen molar-refractivity contribution in [3.05, 3.63) is 0 Å². The minimum absolute atomic E-state index is 0.244. The zero-order valence-corrected chi connectivity index (χ0v) is 13.4. The molecule has 0 amide bonds. The van der Waals surface area contributed by atoms with E-state index in [4.69, 9.17) is 4.99 Å². The lowest BCUT2D eigenvalue weighted by molar-refractivity contribution is 0.0845. The first kappa shape index (κ1) is 16.3. The van der Waals surface area contributed by atoms with Crippen molar-refractivity contribution in [1.29, 1.82) is 0 Å². The van der Waals surface area contributed by atoms with Crippen LogP contribution in [-0.4, -0.2) is 50.1 Å². The highest BCUT2D eigenvalue weighted by Crippen LogP contribution is 2.35. The molecule has 2 N–H and O–H groups in total. The van der Waals surface area contributed by atoms with Crippen molar-refractivity contribution in [3.8, 4) is 0 Å². The molecule has 0 aromatic carbocycles. The maximum Gasteiger partial charge on any atom is 0.191 e. The Kier molecular flexibility index (Phi) is 6.63. The molecule has 1 rings (SSSR count). The molecular weight excluding hydrogens is 236 g/mol. The van der Waals surface area contributed by atoms with E-state index in [-0.39, 0.29) is 5.54 Å². The minimum Gasteiger partial charge on any atom is -0.357 e. The number of aliphatic imine (C=N–C) groups is 1. The zero-order chi connectivity index (χ0) is 14.3. The van der Waals surface area contributed by atoms with Crippen molar-refractivity contribution in [2.45, 2.75) is 52.0 Å². The van der Waals surface area contributed by atoms with Gasteiger partial charge >= 0.3 is 0 Å². The molecule has 4 heteroatoms. The summed E-state index contributed by atoms with van der Waals surface area (Å²) < 4.78 is 0. The van der Waals surface area contributed by atoms with Crippen LogP contribution in [0.3, 0.4) is 0 Å². The second-order valence-electron chi connectivity index (χ2n) is 6.05. The molecule has 0 aromatic heterocycles. The molecule has 0 saturated heterocycles. The third-order valence-electron chi connectivity index (χ3n) is 4.24. The van der Waals surface area contributed by atoms with E-state index >= 15 is 0 Å². The van der Waals surface area contributed by atoms with E-state index in [0.29, 0.717) is 0 Å². The zero-order valence-electron chi connectivity index (χ0n) is 13.4. The number of nitrogens with one attached hydrogen (secondary N) is 2. The summed E-state index contributed by atoms with van der Waals surface area (Å²) in [4.78, 5) is 7.20. The molecule has 112 valence electrons. The predicted octanol–water partition coefficient (Wildman–Crippen LogP) is 2.07. The molecule has 0 aromatic rings. The van der Waals surface area contributed by atoms with Crippen LogP contribution in [0, 0.1) is 5.92 Å². The van der Waals surface area contributed by atoms with Gasteiger partial charge in [-0.25, -0.2) is 0 Å². The molecule has 1 fully saturated rings. The Balaban J connectivity index is 2.74. The van der Waals surface area contributed by atoms with Gasteiger partial charge in [0.05, 0.1) is 6.54 Å². The molecule has 2 unspecified atom stereocenters. The van der Waals surface area contributed by atoms with Gasteiger partial charge in [0.15, 0.2) is 5.96 Å². The van der Waals surface area contributed by atoms with Crippen LogP contribution >= 0.6 is 0 Å². The topological polar surface area (TPSA) is 39.7 Å². The fourth-order valence-electron chi connectivity index (χ4n) is 3.06. The minimum atomic E-state index is 0.244. The molecule has 0 spiro atoms. The lowest BCUT2D eigenvalue weighted by atomic mass is 9.75. The summed E-state index contributed by atoms with van der Waals surface area (Å²) in [5.74, 6) is 1.76. The van der Waals surface area contributed by atoms with Gasteiger partial charge in [0.25, 0.3) is 0 Å². The molecule has 2 atom stereocenters. The number of hydrogen-bond donors (Lipinski definition) is 2. The van der Waals surface area contributed by atoms with Gasteiger partial charge in [0.1, 0.15) is 0 Å². The van der Waals surface area contributed by atoms with Crippen LogP contribution in [0.2, 0.25) is 0 Å². The van der Waals surface area contributed by atoms with Crippen LogP contribution in [0.5, 0.6) is 0 Å². The molecule has 1 saturated carbocycles. The summed E-state index contributed by atoms with van der Waals surface area (Å²) in [7, 11) is 4.40. The normalized spacial score (nSPS) is 27.2. The Labute approximate surface area is 119 Å². The average Bonchev–Trinajstić information content (AvgIpc) is 2.36. The first-order valence-corrected chi connectivity index (χ1v) is 7.73. The second kappa shape index (κ2) is 7.73. The summed E-state index contributed by atoms with van der Waals surface area (Å²) in [5.41, 5.74) is 0.244. The highest BCUT2D eigenvalue weighted by atomic mass is 15.2. The SMILES string of the molecule is CCNC(=NCC1(N(C)C)CCCC(C)C1)NCC. The van der Waals surface area contributed by atoms with E-state index in [9.17, 15) is 0 Å². The fourth-order valence-corrected chi connectivity index (χ4v) is 3.06. The van der Waals surface area contributed by atoms with Crippen LogP contribution in [-0.2, 0) is 0 Å². The van der Waals surface area contributed by atoms with E-state index in [1.54, 1.807) is 0 Å². The Bertz CT molecular complexity index is 280. The number of hydrogen-bond acceptors (Lipinski definition) is 2.